The maximum Gasteiger partial charge on any atom is 0.325 e. The Labute approximate surface area is 186 Å². The Balaban J connectivity index is 1.36. The second-order valence-electron chi connectivity index (χ2n) is 7.50. The standard InChI is InChI=1S/C25H25N3O4/c1-17-7-9-19(10-8-17)24(18-5-3-2-4-6-18)26-16-23(29)28-25(30)27-20-11-12-21-22(15-20)32-14-13-31-21/h2-12,15,24,26H,13-14,16H2,1H3,(H2,27,28,29,30)/t24-/m1/s1. The Morgan fingerprint density at radius 3 is 2.31 bits per heavy atom. The van der Waals surface area contributed by atoms with Gasteiger partial charge in [0.1, 0.15) is 13.2 Å². The first kappa shape index (κ1) is 21.4. The molecule has 0 fully saturated rings. The van der Waals surface area contributed by atoms with Crippen molar-refractivity contribution in [2.75, 3.05) is 25.1 Å². The summed E-state index contributed by atoms with van der Waals surface area (Å²) in [4.78, 5) is 24.7. The van der Waals surface area contributed by atoms with Gasteiger partial charge in [0, 0.05) is 11.8 Å². The highest BCUT2D eigenvalue weighted by Crippen LogP contribution is 2.32. The molecule has 3 aromatic rings. The average molecular weight is 431 g/mol. The first-order chi connectivity index (χ1) is 15.6. The van der Waals surface area contributed by atoms with Crippen LogP contribution in [-0.2, 0) is 4.79 Å². The molecule has 1 aliphatic rings. The minimum Gasteiger partial charge on any atom is -0.486 e. The van der Waals surface area contributed by atoms with Crippen LogP contribution in [0.15, 0.2) is 72.8 Å². The van der Waals surface area contributed by atoms with E-state index >= 15 is 0 Å². The molecule has 3 aromatic carbocycles. The number of hydrogen-bond donors (Lipinski definition) is 3. The zero-order valence-electron chi connectivity index (χ0n) is 17.8. The normalized spacial score (nSPS) is 13.2. The molecule has 0 radical (unpaired) electrons. The lowest BCUT2D eigenvalue weighted by molar-refractivity contribution is -0.119. The van der Waals surface area contributed by atoms with Gasteiger partial charge in [-0.1, -0.05) is 60.2 Å². The van der Waals surface area contributed by atoms with Crippen LogP contribution < -0.4 is 25.4 Å². The Hall–Kier alpha value is -3.84. The van der Waals surface area contributed by atoms with Crippen molar-refractivity contribution < 1.29 is 19.1 Å². The molecule has 0 saturated heterocycles. The predicted octanol–water partition coefficient (Wildman–Crippen LogP) is 3.79. The van der Waals surface area contributed by atoms with Crippen LogP contribution in [0.1, 0.15) is 22.7 Å². The van der Waals surface area contributed by atoms with Gasteiger partial charge >= 0.3 is 6.03 Å². The summed E-state index contributed by atoms with van der Waals surface area (Å²) in [6.45, 7) is 2.95. The van der Waals surface area contributed by atoms with Crippen LogP contribution in [0.2, 0.25) is 0 Å². The molecule has 0 spiro atoms. The first-order valence-corrected chi connectivity index (χ1v) is 10.4. The van der Waals surface area contributed by atoms with Crippen molar-refractivity contribution in [2.45, 2.75) is 13.0 Å². The third-order valence-electron chi connectivity index (χ3n) is 5.06. The van der Waals surface area contributed by atoms with Crippen LogP contribution in [0.5, 0.6) is 11.5 Å². The lowest BCUT2D eigenvalue weighted by atomic mass is 9.98. The molecule has 4 rings (SSSR count). The third-order valence-corrected chi connectivity index (χ3v) is 5.06. The first-order valence-electron chi connectivity index (χ1n) is 10.4. The number of ether oxygens (including phenoxy) is 2. The summed E-state index contributed by atoms with van der Waals surface area (Å²) < 4.78 is 11.0. The number of rotatable bonds is 6. The van der Waals surface area contributed by atoms with Gasteiger partial charge < -0.3 is 14.8 Å². The van der Waals surface area contributed by atoms with Crippen LogP contribution in [0.4, 0.5) is 10.5 Å². The van der Waals surface area contributed by atoms with E-state index in [9.17, 15) is 9.59 Å². The van der Waals surface area contributed by atoms with Crippen molar-refractivity contribution in [3.63, 3.8) is 0 Å². The minimum atomic E-state index is -0.611. The van der Waals surface area contributed by atoms with Crippen LogP contribution in [0.25, 0.3) is 0 Å². The largest absolute Gasteiger partial charge is 0.486 e. The van der Waals surface area contributed by atoms with Crippen LogP contribution in [-0.4, -0.2) is 31.7 Å². The van der Waals surface area contributed by atoms with Crippen molar-refractivity contribution in [1.29, 1.82) is 0 Å². The van der Waals surface area contributed by atoms with Crippen LogP contribution in [0.3, 0.4) is 0 Å². The summed E-state index contributed by atoms with van der Waals surface area (Å²) in [5.41, 5.74) is 3.74. The minimum absolute atomic E-state index is 0.0258. The highest BCUT2D eigenvalue weighted by atomic mass is 16.6. The number of carbonyl (C=O) groups is 2. The smallest absolute Gasteiger partial charge is 0.325 e. The van der Waals surface area contributed by atoms with E-state index in [1.165, 1.54) is 0 Å². The Morgan fingerprint density at radius 2 is 1.56 bits per heavy atom. The number of carbonyl (C=O) groups excluding carboxylic acids is 2. The van der Waals surface area contributed by atoms with Gasteiger partial charge in [0.25, 0.3) is 0 Å². The third kappa shape index (κ3) is 5.44. The van der Waals surface area contributed by atoms with Gasteiger partial charge in [-0.15, -0.1) is 0 Å². The highest BCUT2D eigenvalue weighted by Gasteiger charge is 2.17. The molecule has 0 bridgehead atoms. The zero-order chi connectivity index (χ0) is 22.3. The van der Waals surface area contributed by atoms with E-state index in [0.29, 0.717) is 30.4 Å². The number of urea groups is 1. The fourth-order valence-corrected chi connectivity index (χ4v) is 3.48. The molecule has 0 saturated carbocycles. The molecular weight excluding hydrogens is 406 g/mol. The van der Waals surface area contributed by atoms with Gasteiger partial charge in [0.05, 0.1) is 12.6 Å². The van der Waals surface area contributed by atoms with Gasteiger partial charge in [0.15, 0.2) is 11.5 Å². The SMILES string of the molecule is Cc1ccc([C@H](NCC(=O)NC(=O)Nc2ccc3c(c2)OCCO3)c2ccccc2)cc1. The lowest BCUT2D eigenvalue weighted by Gasteiger charge is -2.20. The number of nitrogens with one attached hydrogen (secondary N) is 3. The Bertz CT molecular complexity index is 1080. The molecule has 0 unspecified atom stereocenters. The summed E-state index contributed by atoms with van der Waals surface area (Å²) in [5, 5.41) is 8.25. The second kappa shape index (κ2) is 9.98. The summed E-state index contributed by atoms with van der Waals surface area (Å²) in [7, 11) is 0. The van der Waals surface area contributed by atoms with E-state index in [4.69, 9.17) is 9.47 Å². The van der Waals surface area contributed by atoms with Crippen LogP contribution >= 0.6 is 0 Å². The average Bonchev–Trinajstić information content (AvgIpc) is 2.81. The maximum atomic E-state index is 12.4. The Kier molecular flexibility index (Phi) is 6.67. The van der Waals surface area contributed by atoms with Crippen molar-refractivity contribution >= 4 is 17.6 Å². The van der Waals surface area contributed by atoms with Crippen molar-refractivity contribution in [1.82, 2.24) is 10.6 Å². The van der Waals surface area contributed by atoms with Crippen molar-refractivity contribution in [3.05, 3.63) is 89.5 Å². The van der Waals surface area contributed by atoms with E-state index in [1.54, 1.807) is 18.2 Å². The number of amides is 3. The molecule has 1 aliphatic heterocycles. The number of hydrogen-bond acceptors (Lipinski definition) is 5. The summed E-state index contributed by atoms with van der Waals surface area (Å²) in [5.74, 6) is 0.754. The van der Waals surface area contributed by atoms with Crippen molar-refractivity contribution in [3.8, 4) is 11.5 Å². The van der Waals surface area contributed by atoms with E-state index in [0.717, 1.165) is 16.7 Å². The molecule has 3 N–H and O–H groups in total. The summed E-state index contributed by atoms with van der Waals surface area (Å²) in [6, 6.07) is 22.3. The van der Waals surface area contributed by atoms with Gasteiger partial charge in [-0.3, -0.25) is 15.4 Å². The predicted molar refractivity (Wildman–Crippen MR) is 122 cm³/mol. The highest BCUT2D eigenvalue weighted by molar-refractivity contribution is 6.01. The number of fused-ring (bicyclic) bond motifs is 1. The topological polar surface area (TPSA) is 88.7 Å². The van der Waals surface area contributed by atoms with Crippen LogP contribution in [0, 0.1) is 6.92 Å². The maximum absolute atomic E-state index is 12.4. The van der Waals surface area contributed by atoms with Crippen molar-refractivity contribution in [2.24, 2.45) is 0 Å². The van der Waals surface area contributed by atoms with Gasteiger partial charge in [-0.2, -0.15) is 0 Å². The fraction of sp³-hybridized carbons (Fsp3) is 0.200. The fourth-order valence-electron chi connectivity index (χ4n) is 3.48. The number of benzene rings is 3. The summed E-state index contributed by atoms with van der Waals surface area (Å²) in [6.07, 6.45) is 0. The molecule has 0 aromatic heterocycles. The molecule has 164 valence electrons. The van der Waals surface area contributed by atoms with Gasteiger partial charge in [0.2, 0.25) is 5.91 Å². The Morgan fingerprint density at radius 1 is 0.875 bits per heavy atom. The number of imide groups is 1. The monoisotopic (exact) mass is 431 g/mol. The molecule has 32 heavy (non-hydrogen) atoms. The number of anilines is 1. The van der Waals surface area contributed by atoms with E-state index < -0.39 is 11.9 Å². The molecule has 3 amide bonds. The molecular formula is C25H25N3O4. The van der Waals surface area contributed by atoms with E-state index in [2.05, 4.69) is 16.0 Å². The summed E-state index contributed by atoms with van der Waals surface area (Å²) >= 11 is 0. The van der Waals surface area contributed by atoms with Gasteiger partial charge in [-0.05, 0) is 30.2 Å². The molecule has 1 atom stereocenters. The molecule has 7 heteroatoms. The van der Waals surface area contributed by atoms with E-state index in [1.807, 2.05) is 61.5 Å². The zero-order valence-corrected chi connectivity index (χ0v) is 17.8. The van der Waals surface area contributed by atoms with E-state index in [-0.39, 0.29) is 12.6 Å². The van der Waals surface area contributed by atoms with Gasteiger partial charge in [-0.25, -0.2) is 4.79 Å². The quantitative estimate of drug-likeness (QED) is 0.553. The number of aryl methyl sites for hydroxylation is 1. The molecule has 1 heterocycles. The molecule has 0 aliphatic carbocycles. The second-order valence-corrected chi connectivity index (χ2v) is 7.50. The molecule has 7 nitrogen and oxygen atoms in total. The lowest BCUT2D eigenvalue weighted by Crippen LogP contribution is -2.41.